The van der Waals surface area contributed by atoms with Crippen LogP contribution in [0.3, 0.4) is 0 Å². The Hall–Kier alpha value is -3.48. The molecule has 0 aliphatic carbocycles. The lowest BCUT2D eigenvalue weighted by Gasteiger charge is -2.30. The molecule has 0 radical (unpaired) electrons. The number of fused-ring (bicyclic) bond motifs is 3. The molecule has 0 unspecified atom stereocenters. The van der Waals surface area contributed by atoms with E-state index in [-0.39, 0.29) is 17.9 Å². The summed E-state index contributed by atoms with van der Waals surface area (Å²) in [6.45, 7) is 6.55. The van der Waals surface area contributed by atoms with Crippen molar-refractivity contribution in [3.63, 3.8) is 0 Å². The Balaban J connectivity index is 1.52. The molecule has 0 spiro atoms. The highest BCUT2D eigenvalue weighted by molar-refractivity contribution is 6.31. The van der Waals surface area contributed by atoms with Gasteiger partial charge in [0.15, 0.2) is 0 Å². The van der Waals surface area contributed by atoms with E-state index in [1.165, 1.54) is 7.11 Å². The van der Waals surface area contributed by atoms with E-state index < -0.39 is 6.04 Å². The maximum atomic E-state index is 12.6. The molecule has 5 rings (SSSR count). The van der Waals surface area contributed by atoms with Crippen LogP contribution in [-0.2, 0) is 22.6 Å². The number of esters is 1. The molecule has 3 aromatic carbocycles. The van der Waals surface area contributed by atoms with E-state index in [0.29, 0.717) is 13.0 Å². The molecule has 1 aliphatic rings. The molecule has 1 aromatic heterocycles. The SMILES string of the molecule is COC(=O)[C@@H]1Cc2c([nH]c3ccccc23)[C@H](c2ccc(OC)c(COc3cc(C)c(Cl)cc3C(C)C)c2)N1. The minimum Gasteiger partial charge on any atom is -0.496 e. The highest BCUT2D eigenvalue weighted by atomic mass is 35.5. The lowest BCUT2D eigenvalue weighted by Crippen LogP contribution is -2.45. The average molecular weight is 533 g/mol. The van der Waals surface area contributed by atoms with E-state index in [2.05, 4.69) is 42.3 Å². The minimum absolute atomic E-state index is 0.232. The van der Waals surface area contributed by atoms with Crippen molar-refractivity contribution >= 4 is 28.5 Å². The van der Waals surface area contributed by atoms with Crippen molar-refractivity contribution in [2.75, 3.05) is 14.2 Å². The first kappa shape index (κ1) is 26.1. The molecule has 2 heterocycles. The number of halogens is 1. The summed E-state index contributed by atoms with van der Waals surface area (Å²) in [6, 6.07) is 17.6. The van der Waals surface area contributed by atoms with Crippen molar-refractivity contribution < 1.29 is 19.0 Å². The van der Waals surface area contributed by atoms with Crippen LogP contribution in [0.15, 0.2) is 54.6 Å². The van der Waals surface area contributed by atoms with Crippen molar-refractivity contribution in [1.82, 2.24) is 10.3 Å². The number of benzene rings is 3. The quantitative estimate of drug-likeness (QED) is 0.262. The van der Waals surface area contributed by atoms with Crippen LogP contribution >= 0.6 is 11.6 Å². The van der Waals surface area contributed by atoms with Gasteiger partial charge in [-0.2, -0.15) is 0 Å². The van der Waals surface area contributed by atoms with Gasteiger partial charge in [0.1, 0.15) is 24.1 Å². The summed E-state index contributed by atoms with van der Waals surface area (Å²) in [7, 11) is 3.09. The van der Waals surface area contributed by atoms with Crippen LogP contribution in [0.5, 0.6) is 11.5 Å². The van der Waals surface area contributed by atoms with E-state index in [9.17, 15) is 4.79 Å². The number of aromatic nitrogens is 1. The lowest BCUT2D eigenvalue weighted by atomic mass is 9.89. The molecule has 2 atom stereocenters. The number of carbonyl (C=O) groups excluding carboxylic acids is 1. The smallest absolute Gasteiger partial charge is 0.323 e. The van der Waals surface area contributed by atoms with Crippen LogP contribution in [0.25, 0.3) is 10.9 Å². The highest BCUT2D eigenvalue weighted by Crippen LogP contribution is 2.38. The van der Waals surface area contributed by atoms with Crippen LogP contribution in [0.2, 0.25) is 5.02 Å². The number of para-hydroxylation sites is 1. The molecule has 0 saturated carbocycles. The molecule has 6 nitrogen and oxygen atoms in total. The van der Waals surface area contributed by atoms with E-state index in [0.717, 1.165) is 60.9 Å². The molecule has 7 heteroatoms. The lowest BCUT2D eigenvalue weighted by molar-refractivity contribution is -0.143. The number of aromatic amines is 1. The summed E-state index contributed by atoms with van der Waals surface area (Å²) >= 11 is 6.40. The first-order valence-corrected chi connectivity index (χ1v) is 13.2. The second kappa shape index (κ2) is 10.7. The van der Waals surface area contributed by atoms with Crippen molar-refractivity contribution in [3.8, 4) is 11.5 Å². The highest BCUT2D eigenvalue weighted by Gasteiger charge is 2.34. The third kappa shape index (κ3) is 4.86. The van der Waals surface area contributed by atoms with E-state index >= 15 is 0 Å². The predicted molar refractivity (Wildman–Crippen MR) is 150 cm³/mol. The van der Waals surface area contributed by atoms with E-state index in [1.807, 2.05) is 43.3 Å². The number of methoxy groups -OCH3 is 2. The summed E-state index contributed by atoms with van der Waals surface area (Å²) < 4.78 is 17.2. The molecule has 4 aromatic rings. The predicted octanol–water partition coefficient (Wildman–Crippen LogP) is 6.62. The number of H-pyrrole nitrogens is 1. The Morgan fingerprint density at radius 3 is 2.61 bits per heavy atom. The van der Waals surface area contributed by atoms with Gasteiger partial charge in [-0.25, -0.2) is 0 Å². The number of ether oxygens (including phenoxy) is 3. The standard InChI is InChI=1S/C31H33ClN2O4/c1-17(2)22-14-24(32)18(3)12-28(22)38-16-20-13-19(10-11-27(20)36-4)29-30-23(15-26(34-29)31(35)37-5)21-8-6-7-9-25(21)33-30/h6-14,17,26,29,33-34H,15-16H2,1-5H3/t26-,29-/m0/s1. The molecule has 0 saturated heterocycles. The van der Waals surface area contributed by atoms with E-state index in [1.54, 1.807) is 7.11 Å². The fraction of sp³-hybridized carbons (Fsp3) is 0.323. The third-order valence-electron chi connectivity index (χ3n) is 7.33. The van der Waals surface area contributed by atoms with Crippen LogP contribution in [-0.4, -0.2) is 31.2 Å². The zero-order valence-electron chi connectivity index (χ0n) is 22.4. The average Bonchev–Trinajstić information content (AvgIpc) is 3.30. The van der Waals surface area contributed by atoms with Gasteiger partial charge in [0.25, 0.3) is 0 Å². The van der Waals surface area contributed by atoms with Gasteiger partial charge in [0.05, 0.1) is 20.3 Å². The van der Waals surface area contributed by atoms with E-state index in [4.69, 9.17) is 25.8 Å². The number of hydrogen-bond donors (Lipinski definition) is 2. The van der Waals surface area contributed by atoms with Gasteiger partial charge in [-0.3, -0.25) is 10.1 Å². The summed E-state index contributed by atoms with van der Waals surface area (Å²) in [5.41, 5.74) is 7.18. The molecule has 2 N–H and O–H groups in total. The maximum absolute atomic E-state index is 12.6. The number of aryl methyl sites for hydroxylation is 1. The van der Waals surface area contributed by atoms with Crippen LogP contribution in [0.4, 0.5) is 0 Å². The maximum Gasteiger partial charge on any atom is 0.323 e. The van der Waals surface area contributed by atoms with Gasteiger partial charge < -0.3 is 19.2 Å². The second-order valence-electron chi connectivity index (χ2n) is 10.1. The first-order chi connectivity index (χ1) is 18.3. The van der Waals surface area contributed by atoms with Crippen molar-refractivity contribution in [2.45, 2.75) is 51.8 Å². The Morgan fingerprint density at radius 2 is 1.87 bits per heavy atom. The molecule has 198 valence electrons. The van der Waals surface area contributed by atoms with Crippen LogP contribution in [0, 0.1) is 6.92 Å². The fourth-order valence-corrected chi connectivity index (χ4v) is 5.46. The number of rotatable bonds is 7. The number of carbonyl (C=O) groups is 1. The second-order valence-corrected chi connectivity index (χ2v) is 10.5. The Labute approximate surface area is 228 Å². The fourth-order valence-electron chi connectivity index (χ4n) is 5.28. The zero-order chi connectivity index (χ0) is 27.0. The zero-order valence-corrected chi connectivity index (χ0v) is 23.1. The van der Waals surface area contributed by atoms with Crippen molar-refractivity contribution in [2.24, 2.45) is 0 Å². The molecular weight excluding hydrogens is 500 g/mol. The van der Waals surface area contributed by atoms with Gasteiger partial charge in [-0.05, 0) is 65.4 Å². The van der Waals surface area contributed by atoms with Gasteiger partial charge in [-0.1, -0.05) is 49.7 Å². The Kier molecular flexibility index (Phi) is 7.37. The number of hydrogen-bond acceptors (Lipinski definition) is 5. The normalized spacial score (nSPS) is 16.9. The van der Waals surface area contributed by atoms with Crippen LogP contribution in [0.1, 0.15) is 59.3 Å². The molecule has 0 amide bonds. The molecular formula is C31H33ClN2O4. The monoisotopic (exact) mass is 532 g/mol. The molecule has 0 bridgehead atoms. The minimum atomic E-state index is -0.454. The van der Waals surface area contributed by atoms with Gasteiger partial charge in [0, 0.05) is 33.6 Å². The summed E-state index contributed by atoms with van der Waals surface area (Å²) in [6.07, 6.45) is 0.558. The number of nitrogens with one attached hydrogen (secondary N) is 2. The summed E-state index contributed by atoms with van der Waals surface area (Å²) in [4.78, 5) is 16.2. The van der Waals surface area contributed by atoms with Gasteiger partial charge >= 0.3 is 5.97 Å². The van der Waals surface area contributed by atoms with Gasteiger partial charge in [0.2, 0.25) is 0 Å². The topological polar surface area (TPSA) is 72.6 Å². The van der Waals surface area contributed by atoms with Crippen molar-refractivity contribution in [3.05, 3.63) is 93.1 Å². The van der Waals surface area contributed by atoms with Crippen molar-refractivity contribution in [1.29, 1.82) is 0 Å². The summed E-state index contributed by atoms with van der Waals surface area (Å²) in [5, 5.41) is 5.37. The van der Waals surface area contributed by atoms with Crippen LogP contribution < -0.4 is 14.8 Å². The van der Waals surface area contributed by atoms with Gasteiger partial charge in [-0.15, -0.1) is 0 Å². The molecule has 0 fully saturated rings. The molecule has 1 aliphatic heterocycles. The Morgan fingerprint density at radius 1 is 1.08 bits per heavy atom. The molecule has 38 heavy (non-hydrogen) atoms. The largest absolute Gasteiger partial charge is 0.496 e. The summed E-state index contributed by atoms with van der Waals surface area (Å²) in [5.74, 6) is 1.54. The third-order valence-corrected chi connectivity index (χ3v) is 7.74. The first-order valence-electron chi connectivity index (χ1n) is 12.8. The Bertz CT molecular complexity index is 1490.